The molecule has 1 saturated carbocycles. The second-order valence-electron chi connectivity index (χ2n) is 6.70. The van der Waals surface area contributed by atoms with E-state index in [1.54, 1.807) is 35.6 Å². The zero-order valence-corrected chi connectivity index (χ0v) is 15.8. The molecule has 1 aliphatic rings. The van der Waals surface area contributed by atoms with Crippen LogP contribution in [0.2, 0.25) is 0 Å². The highest BCUT2D eigenvalue weighted by atomic mass is 32.1. The highest BCUT2D eigenvalue weighted by molar-refractivity contribution is 7.07. The molecule has 1 heterocycles. The van der Waals surface area contributed by atoms with Crippen molar-refractivity contribution in [3.05, 3.63) is 52.2 Å². The Kier molecular flexibility index (Phi) is 5.90. The molecule has 6 nitrogen and oxygen atoms in total. The van der Waals surface area contributed by atoms with Gasteiger partial charge in [-0.2, -0.15) is 11.3 Å². The van der Waals surface area contributed by atoms with Gasteiger partial charge in [0.15, 0.2) is 0 Å². The third-order valence-corrected chi connectivity index (χ3v) is 5.00. The maximum absolute atomic E-state index is 12.5. The Morgan fingerprint density at radius 3 is 2.73 bits per heavy atom. The summed E-state index contributed by atoms with van der Waals surface area (Å²) in [6, 6.07) is 9.24. The molecular formula is C19H24N4O2S. The summed E-state index contributed by atoms with van der Waals surface area (Å²) in [6.45, 7) is 0.516. The lowest BCUT2D eigenvalue weighted by atomic mass is 10.1. The summed E-state index contributed by atoms with van der Waals surface area (Å²) in [7, 11) is 4.00. The minimum Gasteiger partial charge on any atom is -0.350 e. The van der Waals surface area contributed by atoms with Crippen LogP contribution in [-0.4, -0.2) is 43.5 Å². The van der Waals surface area contributed by atoms with Gasteiger partial charge in [0.25, 0.3) is 5.91 Å². The van der Waals surface area contributed by atoms with Gasteiger partial charge in [0, 0.05) is 23.8 Å². The zero-order chi connectivity index (χ0) is 18.5. The molecule has 0 saturated heterocycles. The van der Waals surface area contributed by atoms with Crippen molar-refractivity contribution in [2.45, 2.75) is 24.9 Å². The number of benzene rings is 1. The van der Waals surface area contributed by atoms with E-state index in [2.05, 4.69) is 32.3 Å². The normalized spacial score (nSPS) is 14.7. The lowest BCUT2D eigenvalue weighted by Gasteiger charge is -2.24. The summed E-state index contributed by atoms with van der Waals surface area (Å²) in [6.07, 6.45) is 2.07. The number of likely N-dealkylation sites (N-methyl/N-ethyl adjacent to an activating group) is 1. The molecule has 1 aromatic heterocycles. The van der Waals surface area contributed by atoms with Gasteiger partial charge < -0.3 is 20.9 Å². The van der Waals surface area contributed by atoms with Gasteiger partial charge in [-0.05, 0) is 67.5 Å². The standard InChI is InChI=1S/C19H24N4O2S/c1-23(2)17(14-8-9-26-12-14)11-20-18(24)13-4-3-5-16(10-13)22-19(25)21-15-6-7-15/h3-5,8-10,12,15,17H,6-7,11H2,1-2H3,(H,20,24)(H2,21,22,25). The molecular weight excluding hydrogens is 348 g/mol. The highest BCUT2D eigenvalue weighted by Crippen LogP contribution is 2.21. The molecule has 2 aromatic rings. The fourth-order valence-electron chi connectivity index (χ4n) is 2.67. The molecule has 3 N–H and O–H groups in total. The first kappa shape index (κ1) is 18.4. The van der Waals surface area contributed by atoms with Crippen LogP contribution in [0.1, 0.15) is 34.8 Å². The fourth-order valence-corrected chi connectivity index (χ4v) is 3.38. The Balaban J connectivity index is 1.58. The Bertz CT molecular complexity index is 757. The van der Waals surface area contributed by atoms with E-state index in [0.717, 1.165) is 12.8 Å². The largest absolute Gasteiger partial charge is 0.350 e. The van der Waals surface area contributed by atoms with E-state index < -0.39 is 0 Å². The third kappa shape index (κ3) is 5.06. The van der Waals surface area contributed by atoms with Crippen molar-refractivity contribution in [2.24, 2.45) is 0 Å². The smallest absolute Gasteiger partial charge is 0.319 e. The van der Waals surface area contributed by atoms with Crippen LogP contribution in [0, 0.1) is 0 Å². The second kappa shape index (κ2) is 8.33. The number of rotatable bonds is 7. The summed E-state index contributed by atoms with van der Waals surface area (Å²) >= 11 is 1.65. The van der Waals surface area contributed by atoms with E-state index in [9.17, 15) is 9.59 Å². The van der Waals surface area contributed by atoms with Crippen molar-refractivity contribution in [3.8, 4) is 0 Å². The Morgan fingerprint density at radius 1 is 1.27 bits per heavy atom. The Labute approximate surface area is 157 Å². The summed E-state index contributed by atoms with van der Waals surface area (Å²) < 4.78 is 0. The molecule has 3 amide bonds. The zero-order valence-electron chi connectivity index (χ0n) is 15.0. The van der Waals surface area contributed by atoms with Gasteiger partial charge in [-0.25, -0.2) is 4.79 Å². The predicted molar refractivity (Wildman–Crippen MR) is 105 cm³/mol. The molecule has 0 aliphatic heterocycles. The lowest BCUT2D eigenvalue weighted by Crippen LogP contribution is -2.34. The number of carbonyl (C=O) groups excluding carboxylic acids is 2. The second-order valence-corrected chi connectivity index (χ2v) is 7.48. The first-order valence-electron chi connectivity index (χ1n) is 8.67. The molecule has 0 spiro atoms. The number of thiophene rings is 1. The van der Waals surface area contributed by atoms with E-state index in [1.165, 1.54) is 5.56 Å². The van der Waals surface area contributed by atoms with Crippen molar-refractivity contribution in [1.29, 1.82) is 0 Å². The molecule has 0 bridgehead atoms. The number of carbonyl (C=O) groups is 2. The van der Waals surface area contributed by atoms with Gasteiger partial charge >= 0.3 is 6.03 Å². The quantitative estimate of drug-likeness (QED) is 0.699. The van der Waals surface area contributed by atoms with Crippen molar-refractivity contribution in [1.82, 2.24) is 15.5 Å². The molecule has 1 aliphatic carbocycles. The van der Waals surface area contributed by atoms with Gasteiger partial charge in [0.1, 0.15) is 0 Å². The van der Waals surface area contributed by atoms with E-state index in [0.29, 0.717) is 23.8 Å². The maximum atomic E-state index is 12.5. The van der Waals surface area contributed by atoms with Crippen LogP contribution in [-0.2, 0) is 0 Å². The van der Waals surface area contributed by atoms with Crippen molar-refractivity contribution in [3.63, 3.8) is 0 Å². The van der Waals surface area contributed by atoms with Crippen LogP contribution < -0.4 is 16.0 Å². The number of hydrogen-bond donors (Lipinski definition) is 3. The van der Waals surface area contributed by atoms with E-state index in [4.69, 9.17) is 0 Å². The van der Waals surface area contributed by atoms with Crippen molar-refractivity contribution < 1.29 is 9.59 Å². The van der Waals surface area contributed by atoms with Crippen LogP contribution >= 0.6 is 11.3 Å². The monoisotopic (exact) mass is 372 g/mol. The van der Waals surface area contributed by atoms with Crippen molar-refractivity contribution in [2.75, 3.05) is 26.0 Å². The molecule has 0 radical (unpaired) electrons. The van der Waals surface area contributed by atoms with E-state index >= 15 is 0 Å². The number of nitrogens with zero attached hydrogens (tertiary/aromatic N) is 1. The number of urea groups is 1. The maximum Gasteiger partial charge on any atom is 0.319 e. The highest BCUT2D eigenvalue weighted by Gasteiger charge is 2.23. The average Bonchev–Trinajstić information content (AvgIpc) is 3.25. The molecule has 1 atom stereocenters. The predicted octanol–water partition coefficient (Wildman–Crippen LogP) is 3.06. The number of hydrogen-bond acceptors (Lipinski definition) is 4. The first-order valence-corrected chi connectivity index (χ1v) is 9.61. The third-order valence-electron chi connectivity index (χ3n) is 4.30. The van der Waals surface area contributed by atoms with E-state index in [-0.39, 0.29) is 18.0 Å². The number of nitrogens with one attached hydrogen (secondary N) is 3. The number of amides is 3. The van der Waals surface area contributed by atoms with Crippen molar-refractivity contribution >= 4 is 29.0 Å². The first-order chi connectivity index (χ1) is 12.5. The van der Waals surface area contributed by atoms with Crippen LogP contribution in [0.3, 0.4) is 0 Å². The average molecular weight is 372 g/mol. The fraction of sp³-hybridized carbons (Fsp3) is 0.368. The van der Waals surface area contributed by atoms with Crippen LogP contribution in [0.15, 0.2) is 41.1 Å². The van der Waals surface area contributed by atoms with Crippen LogP contribution in [0.5, 0.6) is 0 Å². The topological polar surface area (TPSA) is 73.5 Å². The molecule has 1 fully saturated rings. The minimum atomic E-state index is -0.227. The lowest BCUT2D eigenvalue weighted by molar-refractivity contribution is 0.0942. The molecule has 7 heteroatoms. The number of anilines is 1. The van der Waals surface area contributed by atoms with Gasteiger partial charge in [-0.1, -0.05) is 6.07 Å². The Hall–Kier alpha value is -2.38. The SMILES string of the molecule is CN(C)C(CNC(=O)c1cccc(NC(=O)NC2CC2)c1)c1ccsc1. The Morgan fingerprint density at radius 2 is 2.08 bits per heavy atom. The minimum absolute atomic E-state index is 0.121. The summed E-state index contributed by atoms with van der Waals surface area (Å²) in [5, 5.41) is 12.8. The van der Waals surface area contributed by atoms with Crippen LogP contribution in [0.25, 0.3) is 0 Å². The van der Waals surface area contributed by atoms with Gasteiger partial charge in [-0.3, -0.25) is 4.79 Å². The molecule has 3 rings (SSSR count). The van der Waals surface area contributed by atoms with E-state index in [1.807, 2.05) is 19.5 Å². The molecule has 1 unspecified atom stereocenters. The summed E-state index contributed by atoms with van der Waals surface area (Å²) in [4.78, 5) is 26.4. The van der Waals surface area contributed by atoms with Gasteiger partial charge in [-0.15, -0.1) is 0 Å². The van der Waals surface area contributed by atoms with Gasteiger partial charge in [0.2, 0.25) is 0 Å². The summed E-state index contributed by atoms with van der Waals surface area (Å²) in [5.41, 5.74) is 2.32. The summed E-state index contributed by atoms with van der Waals surface area (Å²) in [5.74, 6) is -0.154. The van der Waals surface area contributed by atoms with Gasteiger partial charge in [0.05, 0.1) is 6.04 Å². The van der Waals surface area contributed by atoms with Crippen LogP contribution in [0.4, 0.5) is 10.5 Å². The molecule has 1 aromatic carbocycles. The molecule has 26 heavy (non-hydrogen) atoms. The molecule has 138 valence electrons.